The molecule has 1 aromatic carbocycles. The molecule has 0 aromatic heterocycles. The summed E-state index contributed by atoms with van der Waals surface area (Å²) < 4.78 is 12.2. The summed E-state index contributed by atoms with van der Waals surface area (Å²) in [5.74, 6) is -1.25. The van der Waals surface area contributed by atoms with Crippen LogP contribution in [0.2, 0.25) is 0 Å². The fourth-order valence-electron chi connectivity index (χ4n) is 11.2. The van der Waals surface area contributed by atoms with Gasteiger partial charge in [-0.15, -0.1) is 0 Å². The van der Waals surface area contributed by atoms with Crippen molar-refractivity contribution in [1.82, 2.24) is 25.5 Å². The number of hydrogen-bond donors (Lipinski definition) is 3. The van der Waals surface area contributed by atoms with Gasteiger partial charge in [0.2, 0.25) is 17.7 Å². The van der Waals surface area contributed by atoms with Crippen molar-refractivity contribution >= 4 is 35.2 Å². The van der Waals surface area contributed by atoms with E-state index in [4.69, 9.17) is 14.3 Å². The molecule has 0 spiro atoms. The second-order valence-corrected chi connectivity index (χ2v) is 22.6. The number of ether oxygens (including phenoxy) is 2. The van der Waals surface area contributed by atoms with Crippen molar-refractivity contribution in [2.24, 2.45) is 40.9 Å². The predicted molar refractivity (Wildman–Crippen MR) is 287 cm³/mol. The molecule has 3 rings (SSSR count). The standard InChI is InChI=1S/C58H99N5O10/c1-15-41(9)45(34-40(8)35-48(65)52(38(4)5)60-56(69)53(39(6)7)61(12)30-20-18-19-25-50(66)58(11,16-2)17-3)49(71-13)37-51(67)62-31-23-24-47(62)54(72-14)42(10)55(68)59-46(36-43-26-28-44(64)29-27-43)57(70)63-32-21-22-33-73-63/h26-29,38-42,45-47,49,52-54,64H,15-25,30-37H2,1-14H3,(H,59,68)(H,60,69). The summed E-state index contributed by atoms with van der Waals surface area (Å²) in [7, 11) is 5.16. The van der Waals surface area contributed by atoms with Gasteiger partial charge in [0.25, 0.3) is 5.91 Å². The van der Waals surface area contributed by atoms with Crippen LogP contribution in [0.25, 0.3) is 0 Å². The number of nitrogens with one attached hydrogen (secondary N) is 2. The van der Waals surface area contributed by atoms with E-state index in [9.17, 15) is 33.9 Å². The molecule has 2 saturated heterocycles. The zero-order valence-electron chi connectivity index (χ0n) is 47.6. The molecule has 0 aliphatic carbocycles. The summed E-state index contributed by atoms with van der Waals surface area (Å²) in [5, 5.41) is 17.4. The first kappa shape index (κ1) is 63.4. The summed E-state index contributed by atoms with van der Waals surface area (Å²) >= 11 is 0. The van der Waals surface area contributed by atoms with Crippen molar-refractivity contribution in [3.8, 4) is 5.75 Å². The van der Waals surface area contributed by atoms with Crippen LogP contribution < -0.4 is 10.6 Å². The molecule has 15 nitrogen and oxygen atoms in total. The van der Waals surface area contributed by atoms with Crippen molar-refractivity contribution in [1.29, 1.82) is 0 Å². The minimum absolute atomic E-state index is 0.00989. The summed E-state index contributed by atoms with van der Waals surface area (Å²) in [6.45, 7) is 24.4. The highest BCUT2D eigenvalue weighted by Crippen LogP contribution is 2.34. The highest BCUT2D eigenvalue weighted by Gasteiger charge is 2.43. The lowest BCUT2D eigenvalue weighted by atomic mass is 9.77. The Bertz CT molecular complexity index is 1870. The molecule has 2 aliphatic rings. The zero-order valence-corrected chi connectivity index (χ0v) is 47.6. The molecule has 2 heterocycles. The molecule has 2 fully saturated rings. The number of hydrogen-bond acceptors (Lipinski definition) is 11. The first-order valence-corrected chi connectivity index (χ1v) is 28.0. The molecule has 2 aliphatic heterocycles. The average molecular weight is 1030 g/mol. The van der Waals surface area contributed by atoms with Gasteiger partial charge < -0.3 is 30.1 Å². The third-order valence-corrected chi connectivity index (χ3v) is 16.5. The van der Waals surface area contributed by atoms with E-state index in [1.165, 1.54) is 5.06 Å². The van der Waals surface area contributed by atoms with Crippen molar-refractivity contribution in [2.75, 3.05) is 47.5 Å². The normalized spacial score (nSPS) is 19.2. The second-order valence-electron chi connectivity index (χ2n) is 22.6. The molecule has 0 radical (unpaired) electrons. The number of carbonyl (C=O) groups excluding carboxylic acids is 6. The van der Waals surface area contributed by atoms with Gasteiger partial charge in [0.1, 0.15) is 17.6 Å². The number of benzene rings is 1. The van der Waals surface area contributed by atoms with Crippen molar-refractivity contribution in [2.45, 2.75) is 209 Å². The molecule has 10 atom stereocenters. The van der Waals surface area contributed by atoms with E-state index >= 15 is 0 Å². The number of Topliss-reactive ketones (excluding diaryl/α,β-unsaturated/α-hetero) is 2. The van der Waals surface area contributed by atoms with Crippen LogP contribution in [0, 0.1) is 40.9 Å². The van der Waals surface area contributed by atoms with Gasteiger partial charge in [-0.1, -0.05) is 101 Å². The number of aromatic hydroxyl groups is 1. The number of amides is 4. The maximum Gasteiger partial charge on any atom is 0.269 e. The molecule has 10 unspecified atom stereocenters. The Kier molecular flexibility index (Phi) is 27.1. The molecule has 416 valence electrons. The van der Waals surface area contributed by atoms with Gasteiger partial charge in [-0.2, -0.15) is 0 Å². The number of unbranched alkanes of at least 4 members (excludes halogenated alkanes) is 2. The van der Waals surface area contributed by atoms with Crippen molar-refractivity contribution < 1.29 is 48.2 Å². The fraction of sp³-hybridized carbons (Fsp3) is 0.793. The Morgan fingerprint density at radius 1 is 0.836 bits per heavy atom. The maximum atomic E-state index is 14.5. The van der Waals surface area contributed by atoms with Crippen molar-refractivity contribution in [3.05, 3.63) is 29.8 Å². The monoisotopic (exact) mass is 1030 g/mol. The smallest absolute Gasteiger partial charge is 0.269 e. The molecule has 73 heavy (non-hydrogen) atoms. The third-order valence-electron chi connectivity index (χ3n) is 16.5. The number of rotatable bonds is 33. The Morgan fingerprint density at radius 2 is 1.51 bits per heavy atom. The van der Waals surface area contributed by atoms with Crippen LogP contribution in [0.1, 0.15) is 172 Å². The number of carbonyl (C=O) groups is 6. The first-order valence-electron chi connectivity index (χ1n) is 28.0. The van der Waals surface area contributed by atoms with Gasteiger partial charge in [0, 0.05) is 52.0 Å². The van der Waals surface area contributed by atoms with Gasteiger partial charge in [-0.05, 0) is 119 Å². The number of phenolic OH excluding ortho intramolecular Hbond substituents is 1. The lowest BCUT2D eigenvalue weighted by Crippen LogP contribution is -2.55. The number of likely N-dealkylation sites (N-methyl/N-ethyl adjacent to an activating group) is 1. The Morgan fingerprint density at radius 3 is 2.07 bits per heavy atom. The summed E-state index contributed by atoms with van der Waals surface area (Å²) in [5.41, 5.74) is 0.513. The van der Waals surface area contributed by atoms with E-state index in [1.807, 2.05) is 39.6 Å². The predicted octanol–water partition coefficient (Wildman–Crippen LogP) is 8.72. The van der Waals surface area contributed by atoms with Gasteiger partial charge in [-0.25, -0.2) is 5.06 Å². The highest BCUT2D eigenvalue weighted by molar-refractivity contribution is 5.91. The maximum absolute atomic E-state index is 14.5. The Hall–Kier alpha value is -3.92. The van der Waals surface area contributed by atoms with Gasteiger partial charge in [-0.3, -0.25) is 38.5 Å². The number of methoxy groups -OCH3 is 2. The fourth-order valence-corrected chi connectivity index (χ4v) is 11.2. The molecule has 0 bridgehead atoms. The van der Waals surface area contributed by atoms with Crippen LogP contribution in [0.4, 0.5) is 0 Å². The van der Waals surface area contributed by atoms with Gasteiger partial charge >= 0.3 is 0 Å². The molecular weight excluding hydrogens is 927 g/mol. The van der Waals surface area contributed by atoms with E-state index in [0.29, 0.717) is 51.3 Å². The largest absolute Gasteiger partial charge is 0.508 e. The van der Waals surface area contributed by atoms with Crippen molar-refractivity contribution in [3.63, 3.8) is 0 Å². The van der Waals surface area contributed by atoms with Crippen LogP contribution >= 0.6 is 0 Å². The lowest BCUT2D eigenvalue weighted by Gasteiger charge is -2.37. The molecule has 1 aromatic rings. The van der Waals surface area contributed by atoms with Gasteiger partial charge in [0.15, 0.2) is 5.78 Å². The molecule has 15 heteroatoms. The minimum Gasteiger partial charge on any atom is -0.508 e. The third kappa shape index (κ3) is 18.7. The Balaban J connectivity index is 1.67. The zero-order chi connectivity index (χ0) is 54.6. The number of hydroxylamine groups is 2. The number of ketones is 2. The molecule has 0 saturated carbocycles. The number of phenols is 1. The van der Waals surface area contributed by atoms with Gasteiger partial charge in [0.05, 0.1) is 49.3 Å². The van der Waals surface area contributed by atoms with Crippen LogP contribution in [0.15, 0.2) is 24.3 Å². The SMILES string of the molecule is CCC(C)C(CC(C)CC(=O)C(NC(=O)C(C(C)C)N(C)CCCCCC(=O)C(C)(CC)CC)C(C)C)C(CC(=O)N1CCCC1C(OC)C(C)C(=O)NC(Cc1ccc(O)cc1)C(=O)N1CCCCO1)OC. The lowest BCUT2D eigenvalue weighted by molar-refractivity contribution is -0.199. The van der Waals surface area contributed by atoms with Crippen LogP contribution in [0.3, 0.4) is 0 Å². The number of nitrogens with zero attached hydrogens (tertiary/aromatic N) is 3. The van der Waals surface area contributed by atoms with Crippen LogP contribution in [-0.2, 0) is 49.5 Å². The Labute approximate surface area is 440 Å². The highest BCUT2D eigenvalue weighted by atomic mass is 16.7. The number of likely N-dealkylation sites (tertiary alicyclic amines) is 1. The van der Waals surface area contributed by atoms with E-state index in [0.717, 1.165) is 63.4 Å². The summed E-state index contributed by atoms with van der Waals surface area (Å²) in [6.07, 6.45) is 8.96. The quantitative estimate of drug-likeness (QED) is 0.0573. The van der Waals surface area contributed by atoms with Crippen LogP contribution in [-0.4, -0.2) is 139 Å². The van der Waals surface area contributed by atoms with Crippen LogP contribution in [0.5, 0.6) is 5.75 Å². The van der Waals surface area contributed by atoms with E-state index in [1.54, 1.807) is 45.4 Å². The summed E-state index contributed by atoms with van der Waals surface area (Å²) in [6, 6.07) is 4.18. The summed E-state index contributed by atoms with van der Waals surface area (Å²) in [4.78, 5) is 93.0. The minimum atomic E-state index is -0.924. The second kappa shape index (κ2) is 31.2. The topological polar surface area (TPSA) is 184 Å². The average Bonchev–Trinajstić information content (AvgIpc) is 3.86. The molecule has 4 amide bonds. The van der Waals surface area contributed by atoms with E-state index in [-0.39, 0.29) is 95.5 Å². The van der Waals surface area contributed by atoms with E-state index < -0.39 is 36.3 Å². The first-order chi connectivity index (χ1) is 34.6. The molecular formula is C58H99N5O10. The van der Waals surface area contributed by atoms with E-state index in [2.05, 4.69) is 57.1 Å². The molecule has 3 N–H and O–H groups in total.